The first-order valence-electron chi connectivity index (χ1n) is 11.1. The minimum Gasteiger partial charge on any atom is -0.273 e. The molecule has 2 aliphatic heterocycles. The standard InChI is InChI=1S/C25H25N5O2S2/c1-14-18(20-12-22(24-7-5-9-33-24)29(27-20)16(3)31)11-19(15(2)26-14)21-13-23(25-8-6-10-34-25)30(28-21)17(4)32/h5-11,22-23H,12-13H2,1-4H3. The average Bonchev–Trinajstić information content (AvgIpc) is 3.59. The van der Waals surface area contributed by atoms with Gasteiger partial charge in [0.2, 0.25) is 11.8 Å². The molecule has 0 fully saturated rings. The molecule has 34 heavy (non-hydrogen) atoms. The topological polar surface area (TPSA) is 78.2 Å². The van der Waals surface area contributed by atoms with Crippen LogP contribution in [0.25, 0.3) is 0 Å². The maximum atomic E-state index is 12.3. The van der Waals surface area contributed by atoms with Gasteiger partial charge in [-0.25, -0.2) is 10.0 Å². The summed E-state index contributed by atoms with van der Waals surface area (Å²) in [6.45, 7) is 7.04. The number of aromatic nitrogens is 1. The van der Waals surface area contributed by atoms with E-state index in [0.717, 1.165) is 43.7 Å². The van der Waals surface area contributed by atoms with Crippen LogP contribution in [0, 0.1) is 13.8 Å². The summed E-state index contributed by atoms with van der Waals surface area (Å²) >= 11 is 3.26. The van der Waals surface area contributed by atoms with Gasteiger partial charge in [0.15, 0.2) is 0 Å². The second kappa shape index (κ2) is 8.88. The molecule has 0 aliphatic carbocycles. The van der Waals surface area contributed by atoms with Crippen molar-refractivity contribution >= 4 is 45.9 Å². The van der Waals surface area contributed by atoms with Gasteiger partial charge in [0, 0.05) is 59.0 Å². The highest BCUT2D eigenvalue weighted by molar-refractivity contribution is 7.10. The number of hydrogen-bond acceptors (Lipinski definition) is 7. The van der Waals surface area contributed by atoms with E-state index in [0.29, 0.717) is 12.8 Å². The summed E-state index contributed by atoms with van der Waals surface area (Å²) in [7, 11) is 0. The Morgan fingerprint density at radius 2 is 1.26 bits per heavy atom. The lowest BCUT2D eigenvalue weighted by atomic mass is 9.96. The summed E-state index contributed by atoms with van der Waals surface area (Å²) in [6.07, 6.45) is 1.27. The maximum absolute atomic E-state index is 12.3. The number of rotatable bonds is 4. The van der Waals surface area contributed by atoms with Crippen LogP contribution in [0.4, 0.5) is 0 Å². The second-order valence-electron chi connectivity index (χ2n) is 8.55. The first-order chi connectivity index (χ1) is 16.3. The lowest BCUT2D eigenvalue weighted by Gasteiger charge is -2.18. The number of hydrogen-bond donors (Lipinski definition) is 0. The molecule has 0 N–H and O–H groups in total. The van der Waals surface area contributed by atoms with Crippen molar-refractivity contribution in [1.29, 1.82) is 0 Å². The van der Waals surface area contributed by atoms with Crippen molar-refractivity contribution in [1.82, 2.24) is 15.0 Å². The zero-order valence-electron chi connectivity index (χ0n) is 19.5. The van der Waals surface area contributed by atoms with Crippen molar-refractivity contribution in [2.45, 2.75) is 52.6 Å². The van der Waals surface area contributed by atoms with Gasteiger partial charge >= 0.3 is 0 Å². The molecule has 2 unspecified atom stereocenters. The quantitative estimate of drug-likeness (QED) is 0.502. The number of carbonyl (C=O) groups is 2. The molecule has 2 aliphatic rings. The Morgan fingerprint density at radius 3 is 1.62 bits per heavy atom. The molecule has 0 bridgehead atoms. The molecule has 3 aromatic rings. The predicted octanol–water partition coefficient (Wildman–Crippen LogP) is 5.22. The van der Waals surface area contributed by atoms with Crippen LogP contribution in [0.3, 0.4) is 0 Å². The molecule has 3 aromatic heterocycles. The highest BCUT2D eigenvalue weighted by Crippen LogP contribution is 2.38. The Hall–Kier alpha value is -3.17. The molecule has 0 spiro atoms. The smallest absolute Gasteiger partial charge is 0.240 e. The van der Waals surface area contributed by atoms with Gasteiger partial charge < -0.3 is 0 Å². The van der Waals surface area contributed by atoms with E-state index in [9.17, 15) is 9.59 Å². The lowest BCUT2D eigenvalue weighted by Crippen LogP contribution is -2.23. The fourth-order valence-corrected chi connectivity index (χ4v) is 6.26. The van der Waals surface area contributed by atoms with Crippen LogP contribution < -0.4 is 0 Å². The average molecular weight is 492 g/mol. The van der Waals surface area contributed by atoms with Gasteiger partial charge in [0.25, 0.3) is 0 Å². The number of carbonyl (C=O) groups excluding carboxylic acids is 2. The molecule has 0 aromatic carbocycles. The zero-order valence-corrected chi connectivity index (χ0v) is 21.1. The Bertz CT molecular complexity index is 1210. The Labute approximate surface area is 206 Å². The first-order valence-corrected chi connectivity index (χ1v) is 12.9. The molecule has 174 valence electrons. The van der Waals surface area contributed by atoms with Gasteiger partial charge in [0.05, 0.1) is 23.5 Å². The number of hydrazone groups is 2. The zero-order chi connectivity index (χ0) is 24.0. The van der Waals surface area contributed by atoms with Crippen molar-refractivity contribution < 1.29 is 9.59 Å². The van der Waals surface area contributed by atoms with E-state index < -0.39 is 0 Å². The third-order valence-electron chi connectivity index (χ3n) is 6.23. The van der Waals surface area contributed by atoms with Gasteiger partial charge in [-0.2, -0.15) is 10.2 Å². The van der Waals surface area contributed by atoms with E-state index in [4.69, 9.17) is 15.2 Å². The monoisotopic (exact) mass is 491 g/mol. The lowest BCUT2D eigenvalue weighted by molar-refractivity contribution is -0.131. The molecule has 2 atom stereocenters. The molecular weight excluding hydrogens is 466 g/mol. The van der Waals surface area contributed by atoms with Crippen LogP contribution in [0.15, 0.2) is 51.3 Å². The minimum atomic E-state index is -0.100. The molecule has 5 heterocycles. The predicted molar refractivity (Wildman–Crippen MR) is 135 cm³/mol. The third-order valence-corrected chi connectivity index (χ3v) is 8.18. The van der Waals surface area contributed by atoms with Gasteiger partial charge in [-0.15, -0.1) is 22.7 Å². The van der Waals surface area contributed by atoms with E-state index >= 15 is 0 Å². The van der Waals surface area contributed by atoms with Gasteiger partial charge in [-0.1, -0.05) is 12.1 Å². The number of nitrogens with zero attached hydrogens (tertiary/aromatic N) is 5. The Balaban J connectivity index is 1.52. The van der Waals surface area contributed by atoms with Gasteiger partial charge in [-0.3, -0.25) is 14.6 Å². The summed E-state index contributed by atoms with van der Waals surface area (Å²) in [5, 5.41) is 16.6. The van der Waals surface area contributed by atoms with Crippen LogP contribution in [-0.4, -0.2) is 38.2 Å². The molecule has 5 rings (SSSR count). The summed E-state index contributed by atoms with van der Waals surface area (Å²) < 4.78 is 0. The summed E-state index contributed by atoms with van der Waals surface area (Å²) in [5.41, 5.74) is 5.26. The van der Waals surface area contributed by atoms with Crippen molar-refractivity contribution in [3.8, 4) is 0 Å². The number of thiophene rings is 2. The van der Waals surface area contributed by atoms with Crippen molar-refractivity contribution in [2.75, 3.05) is 0 Å². The normalized spacial score (nSPS) is 20.0. The van der Waals surface area contributed by atoms with E-state index in [2.05, 4.69) is 6.07 Å². The number of amides is 2. The van der Waals surface area contributed by atoms with E-state index in [1.807, 2.05) is 48.9 Å². The van der Waals surface area contributed by atoms with Crippen molar-refractivity contribution in [3.05, 3.63) is 73.4 Å². The van der Waals surface area contributed by atoms with Crippen LogP contribution in [0.2, 0.25) is 0 Å². The summed E-state index contributed by atoms with van der Waals surface area (Å²) in [6, 6.07) is 9.97. The molecule has 0 saturated heterocycles. The van der Waals surface area contributed by atoms with E-state index in [1.54, 1.807) is 46.5 Å². The number of aryl methyl sites for hydroxylation is 2. The Morgan fingerprint density at radius 1 is 0.824 bits per heavy atom. The van der Waals surface area contributed by atoms with Crippen LogP contribution >= 0.6 is 22.7 Å². The van der Waals surface area contributed by atoms with Gasteiger partial charge in [0.1, 0.15) is 0 Å². The van der Waals surface area contributed by atoms with E-state index in [-0.39, 0.29) is 23.9 Å². The molecule has 2 amide bonds. The second-order valence-corrected chi connectivity index (χ2v) is 10.5. The molecule has 9 heteroatoms. The van der Waals surface area contributed by atoms with Crippen LogP contribution in [-0.2, 0) is 9.59 Å². The highest BCUT2D eigenvalue weighted by atomic mass is 32.1. The fourth-order valence-electron chi connectivity index (χ4n) is 4.64. The molecule has 0 radical (unpaired) electrons. The summed E-state index contributed by atoms with van der Waals surface area (Å²) in [4.78, 5) is 31.7. The van der Waals surface area contributed by atoms with Crippen LogP contribution in [0.5, 0.6) is 0 Å². The third kappa shape index (κ3) is 3.99. The first kappa shape index (κ1) is 22.6. The highest BCUT2D eigenvalue weighted by Gasteiger charge is 2.35. The SMILES string of the molecule is CC(=O)N1N=C(c2cc(C3=NN(C(C)=O)C(c4cccs4)C3)c(C)nc2C)CC1c1cccs1. The number of pyridine rings is 1. The largest absolute Gasteiger partial charge is 0.273 e. The molecular formula is C25H25N5O2S2. The van der Waals surface area contributed by atoms with Crippen molar-refractivity contribution in [3.63, 3.8) is 0 Å². The van der Waals surface area contributed by atoms with Gasteiger partial charge in [-0.05, 0) is 42.8 Å². The maximum Gasteiger partial charge on any atom is 0.240 e. The molecule has 7 nitrogen and oxygen atoms in total. The fraction of sp³-hybridized carbons (Fsp3) is 0.320. The summed E-state index contributed by atoms with van der Waals surface area (Å²) in [5.74, 6) is -0.162. The molecule has 0 saturated carbocycles. The van der Waals surface area contributed by atoms with Crippen LogP contribution in [0.1, 0.15) is 71.0 Å². The van der Waals surface area contributed by atoms with Crippen molar-refractivity contribution in [2.24, 2.45) is 10.2 Å². The van der Waals surface area contributed by atoms with E-state index in [1.165, 1.54) is 0 Å². The minimum absolute atomic E-state index is 0.0811. The Kier molecular flexibility index (Phi) is 5.91.